The van der Waals surface area contributed by atoms with Crippen LogP contribution in [0.4, 0.5) is 0 Å². The van der Waals surface area contributed by atoms with Gasteiger partial charge in [0.1, 0.15) is 0 Å². The van der Waals surface area contributed by atoms with Gasteiger partial charge in [-0.3, -0.25) is 9.48 Å². The molecule has 0 aliphatic carbocycles. The third-order valence-electron chi connectivity index (χ3n) is 2.34. The van der Waals surface area contributed by atoms with Gasteiger partial charge in [0, 0.05) is 22.6 Å². The van der Waals surface area contributed by atoms with E-state index >= 15 is 0 Å². The predicted octanol–water partition coefficient (Wildman–Crippen LogP) is 4.21. The van der Waals surface area contributed by atoms with E-state index in [4.69, 9.17) is 0 Å². The number of ketones is 1. The lowest BCUT2D eigenvalue weighted by atomic mass is 10.1. The summed E-state index contributed by atoms with van der Waals surface area (Å²) in [6.07, 6.45) is 5.13. The van der Waals surface area contributed by atoms with Crippen molar-refractivity contribution in [1.29, 1.82) is 0 Å². The van der Waals surface area contributed by atoms with Crippen molar-refractivity contribution >= 4 is 55.1 Å². The van der Waals surface area contributed by atoms with E-state index in [-0.39, 0.29) is 5.78 Å². The minimum absolute atomic E-state index is 0.0266. The Morgan fingerprint density at radius 1 is 1.50 bits per heavy atom. The molecule has 0 saturated carbocycles. The van der Waals surface area contributed by atoms with Crippen LogP contribution < -0.4 is 0 Å². The summed E-state index contributed by atoms with van der Waals surface area (Å²) < 4.78 is 3.67. The van der Waals surface area contributed by atoms with Gasteiger partial charge in [-0.15, -0.1) is 11.3 Å². The third-order valence-corrected chi connectivity index (χ3v) is 5.56. The number of aryl methyl sites for hydroxylation is 2. The van der Waals surface area contributed by atoms with Crippen LogP contribution in [0, 0.1) is 6.92 Å². The van der Waals surface area contributed by atoms with E-state index in [0.29, 0.717) is 5.56 Å². The van der Waals surface area contributed by atoms with Crippen molar-refractivity contribution in [3.63, 3.8) is 0 Å². The lowest BCUT2D eigenvalue weighted by Crippen LogP contribution is -1.94. The molecule has 0 saturated heterocycles. The zero-order chi connectivity index (χ0) is 13.3. The molecule has 0 spiro atoms. The minimum Gasteiger partial charge on any atom is -0.289 e. The van der Waals surface area contributed by atoms with E-state index in [0.717, 1.165) is 18.8 Å². The molecule has 0 unspecified atom stereocenters. The number of halogens is 2. The van der Waals surface area contributed by atoms with Gasteiger partial charge in [-0.25, -0.2) is 0 Å². The third kappa shape index (κ3) is 2.99. The monoisotopic (exact) mass is 388 g/mol. The molecule has 0 aliphatic rings. The van der Waals surface area contributed by atoms with Crippen molar-refractivity contribution in [2.75, 3.05) is 0 Å². The molecule has 0 bridgehead atoms. The van der Waals surface area contributed by atoms with Crippen LogP contribution in [-0.4, -0.2) is 15.6 Å². The molecule has 0 radical (unpaired) electrons. The first-order valence-electron chi connectivity index (χ1n) is 5.15. The Hall–Kier alpha value is -0.720. The van der Waals surface area contributed by atoms with Gasteiger partial charge in [-0.2, -0.15) is 5.10 Å². The summed E-state index contributed by atoms with van der Waals surface area (Å²) in [4.78, 5) is 13.0. The highest BCUT2D eigenvalue weighted by molar-refractivity contribution is 9.13. The summed E-state index contributed by atoms with van der Waals surface area (Å²) in [6, 6.07) is 1.97. The second-order valence-electron chi connectivity index (χ2n) is 3.77. The fourth-order valence-electron chi connectivity index (χ4n) is 1.53. The smallest absolute Gasteiger partial charge is 0.189 e. The molecule has 2 rings (SSSR count). The van der Waals surface area contributed by atoms with Crippen LogP contribution >= 0.6 is 43.2 Å². The van der Waals surface area contributed by atoms with Crippen LogP contribution in [0.2, 0.25) is 0 Å². The first kappa shape index (κ1) is 13.7. The number of carbonyl (C=O) groups is 1. The van der Waals surface area contributed by atoms with Crippen LogP contribution in [0.25, 0.3) is 6.08 Å². The highest BCUT2D eigenvalue weighted by Crippen LogP contribution is 2.33. The molecule has 0 amide bonds. The van der Waals surface area contributed by atoms with Crippen molar-refractivity contribution in [2.45, 2.75) is 6.92 Å². The zero-order valence-electron chi connectivity index (χ0n) is 9.78. The Morgan fingerprint density at radius 3 is 2.72 bits per heavy atom. The van der Waals surface area contributed by atoms with E-state index in [1.54, 1.807) is 35.3 Å². The quantitative estimate of drug-likeness (QED) is 0.582. The SMILES string of the molecule is Cc1nn(C)cc1C(=O)/C=C/c1cc(Br)c(Br)s1. The fraction of sp³-hybridized carbons (Fsp3) is 0.167. The molecule has 18 heavy (non-hydrogen) atoms. The van der Waals surface area contributed by atoms with Crippen molar-refractivity contribution in [1.82, 2.24) is 9.78 Å². The maximum atomic E-state index is 12.0. The standard InChI is InChI=1S/C12H10Br2N2OS/c1-7-9(6-16(2)15-7)11(17)4-3-8-5-10(13)12(14)18-8/h3-6H,1-2H3/b4-3+. The number of hydrogen-bond donors (Lipinski definition) is 0. The maximum Gasteiger partial charge on any atom is 0.189 e. The van der Waals surface area contributed by atoms with Crippen molar-refractivity contribution in [2.24, 2.45) is 7.05 Å². The second-order valence-corrected chi connectivity index (χ2v) is 7.03. The topological polar surface area (TPSA) is 34.9 Å². The number of carbonyl (C=O) groups excluding carboxylic acids is 1. The average molecular weight is 390 g/mol. The molecule has 2 aromatic heterocycles. The Kier molecular flexibility index (Phi) is 4.19. The summed E-state index contributed by atoms with van der Waals surface area (Å²) >= 11 is 8.41. The molecule has 2 heterocycles. The number of aromatic nitrogens is 2. The summed E-state index contributed by atoms with van der Waals surface area (Å²) in [7, 11) is 1.81. The van der Waals surface area contributed by atoms with E-state index in [2.05, 4.69) is 37.0 Å². The normalized spacial score (nSPS) is 11.3. The molecule has 0 atom stereocenters. The van der Waals surface area contributed by atoms with Crippen LogP contribution in [0.1, 0.15) is 20.9 Å². The number of allylic oxidation sites excluding steroid dienone is 1. The van der Waals surface area contributed by atoms with Gasteiger partial charge in [-0.1, -0.05) is 0 Å². The number of nitrogens with zero attached hydrogens (tertiary/aromatic N) is 2. The van der Waals surface area contributed by atoms with E-state index < -0.39 is 0 Å². The largest absolute Gasteiger partial charge is 0.289 e. The minimum atomic E-state index is -0.0266. The zero-order valence-corrected chi connectivity index (χ0v) is 13.8. The van der Waals surface area contributed by atoms with Crippen LogP contribution in [-0.2, 0) is 7.05 Å². The molecule has 2 aromatic rings. The summed E-state index contributed by atoms with van der Waals surface area (Å²) in [6.45, 7) is 1.83. The average Bonchev–Trinajstić information content (AvgIpc) is 2.79. The highest BCUT2D eigenvalue weighted by atomic mass is 79.9. The summed E-state index contributed by atoms with van der Waals surface area (Å²) in [5, 5.41) is 4.15. The Bertz CT molecular complexity index is 609. The molecule has 0 aromatic carbocycles. The van der Waals surface area contributed by atoms with Gasteiger partial charge >= 0.3 is 0 Å². The lowest BCUT2D eigenvalue weighted by molar-refractivity contribution is 0.104. The van der Waals surface area contributed by atoms with Gasteiger partial charge in [0.05, 0.1) is 15.0 Å². The number of rotatable bonds is 3. The Balaban J connectivity index is 2.19. The lowest BCUT2D eigenvalue weighted by Gasteiger charge is -1.90. The first-order chi connectivity index (χ1) is 8.47. The number of thiophene rings is 1. The van der Waals surface area contributed by atoms with Crippen molar-refractivity contribution in [3.8, 4) is 0 Å². The van der Waals surface area contributed by atoms with Crippen LogP contribution in [0.3, 0.4) is 0 Å². The van der Waals surface area contributed by atoms with Gasteiger partial charge in [0.2, 0.25) is 0 Å². The number of hydrogen-bond acceptors (Lipinski definition) is 3. The molecular weight excluding hydrogens is 380 g/mol. The van der Waals surface area contributed by atoms with Crippen molar-refractivity contribution in [3.05, 3.63) is 42.7 Å². The van der Waals surface area contributed by atoms with E-state index in [1.165, 1.54) is 0 Å². The molecular formula is C12H10Br2N2OS. The predicted molar refractivity (Wildman–Crippen MR) is 81.0 cm³/mol. The van der Waals surface area contributed by atoms with E-state index in [9.17, 15) is 4.79 Å². The van der Waals surface area contributed by atoms with Gasteiger partial charge < -0.3 is 0 Å². The van der Waals surface area contributed by atoms with Crippen LogP contribution in [0.15, 0.2) is 26.6 Å². The van der Waals surface area contributed by atoms with Gasteiger partial charge in [-0.05, 0) is 57.0 Å². The first-order valence-corrected chi connectivity index (χ1v) is 7.55. The molecule has 6 heteroatoms. The Morgan fingerprint density at radius 2 is 2.22 bits per heavy atom. The summed E-state index contributed by atoms with van der Waals surface area (Å²) in [5.41, 5.74) is 1.39. The molecule has 0 N–H and O–H groups in total. The second kappa shape index (κ2) is 5.50. The fourth-order valence-corrected chi connectivity index (χ4v) is 3.53. The highest BCUT2D eigenvalue weighted by Gasteiger charge is 2.09. The Labute approximate surface area is 126 Å². The summed E-state index contributed by atoms with van der Waals surface area (Å²) in [5.74, 6) is -0.0266. The molecule has 0 aliphatic heterocycles. The molecule has 3 nitrogen and oxygen atoms in total. The van der Waals surface area contributed by atoms with Gasteiger partial charge in [0.15, 0.2) is 5.78 Å². The van der Waals surface area contributed by atoms with Gasteiger partial charge in [0.25, 0.3) is 0 Å². The molecule has 0 fully saturated rings. The van der Waals surface area contributed by atoms with Crippen LogP contribution in [0.5, 0.6) is 0 Å². The van der Waals surface area contributed by atoms with E-state index in [1.807, 2.05) is 19.1 Å². The molecule has 94 valence electrons. The van der Waals surface area contributed by atoms with Crippen molar-refractivity contribution < 1.29 is 4.79 Å². The maximum absolute atomic E-state index is 12.0.